The normalized spacial score (nSPS) is 19.3. The molecule has 0 amide bonds. The van der Waals surface area contributed by atoms with E-state index in [-0.39, 0.29) is 34.9 Å². The van der Waals surface area contributed by atoms with E-state index in [4.69, 9.17) is 15.6 Å². The summed E-state index contributed by atoms with van der Waals surface area (Å²) < 4.78 is 46.4. The van der Waals surface area contributed by atoms with Gasteiger partial charge in [0.2, 0.25) is 0 Å². The third-order valence-electron chi connectivity index (χ3n) is 4.57. The van der Waals surface area contributed by atoms with Crippen LogP contribution in [-0.4, -0.2) is 46.5 Å². The summed E-state index contributed by atoms with van der Waals surface area (Å²) in [7, 11) is 0. The summed E-state index contributed by atoms with van der Waals surface area (Å²) in [5.74, 6) is -0.939. The first-order valence-electron chi connectivity index (χ1n) is 9.04. The molecule has 3 N–H and O–H groups in total. The van der Waals surface area contributed by atoms with Gasteiger partial charge in [-0.05, 0) is 30.0 Å². The van der Waals surface area contributed by atoms with E-state index in [2.05, 4.69) is 9.72 Å². The molecule has 10 heteroatoms. The van der Waals surface area contributed by atoms with E-state index in [1.165, 1.54) is 36.5 Å². The average Bonchev–Trinajstić information content (AvgIpc) is 3.01. The quantitative estimate of drug-likeness (QED) is 0.732. The lowest BCUT2D eigenvalue weighted by Crippen LogP contribution is -2.25. The van der Waals surface area contributed by atoms with E-state index in [0.29, 0.717) is 18.7 Å². The third-order valence-corrected chi connectivity index (χ3v) is 4.57. The number of rotatable bonds is 6. The van der Waals surface area contributed by atoms with Crippen molar-refractivity contribution >= 4 is 17.9 Å². The lowest BCUT2D eigenvalue weighted by atomic mass is 10.1. The highest BCUT2D eigenvalue weighted by Crippen LogP contribution is 2.28. The number of carboxylic acids is 1. The average molecular weight is 423 g/mol. The summed E-state index contributed by atoms with van der Waals surface area (Å²) >= 11 is 0. The van der Waals surface area contributed by atoms with Crippen molar-refractivity contribution < 1.29 is 32.5 Å². The number of aromatic carboxylic acids is 1. The fraction of sp³-hybridized carbons (Fsp3) is 0.300. The molecule has 30 heavy (non-hydrogen) atoms. The molecule has 1 aliphatic heterocycles. The van der Waals surface area contributed by atoms with Crippen LogP contribution in [0.2, 0.25) is 0 Å². The molecule has 0 aliphatic carbocycles. The van der Waals surface area contributed by atoms with Crippen molar-refractivity contribution in [1.29, 1.82) is 0 Å². The molecule has 1 fully saturated rings. The molecule has 1 aromatic heterocycles. The number of halogens is 3. The number of carbonyl (C=O) groups is 1. The Morgan fingerprint density at radius 1 is 1.30 bits per heavy atom. The van der Waals surface area contributed by atoms with Crippen LogP contribution < -0.4 is 15.2 Å². The predicted octanol–water partition coefficient (Wildman–Crippen LogP) is 3.63. The summed E-state index contributed by atoms with van der Waals surface area (Å²) in [6, 6.07) is 6.89. The second-order valence-corrected chi connectivity index (χ2v) is 6.93. The maximum absolute atomic E-state index is 12.2. The van der Waals surface area contributed by atoms with E-state index in [1.54, 1.807) is 6.08 Å². The largest absolute Gasteiger partial charge is 0.573 e. The highest BCUT2D eigenvalue weighted by Gasteiger charge is 2.31. The summed E-state index contributed by atoms with van der Waals surface area (Å²) in [4.78, 5) is 17.0. The van der Waals surface area contributed by atoms with Gasteiger partial charge in [0, 0.05) is 24.7 Å². The standard InChI is InChI=1S/C20H20F3N3O4/c1-12-10-26(7-6-13-2-4-15(5-3-13)30-20(21,22)23)11-17(12)29-16-8-14(19(27)28)9-25-18(16)24/h2-9,12,17H,10-11H2,1H3,(H2,24,25)(H,27,28)/t12-,17-/m0/s1. The number of nitrogen functional groups attached to an aromatic ring is 1. The zero-order chi connectivity index (χ0) is 21.9. The first kappa shape index (κ1) is 21.3. The molecule has 2 aromatic rings. The predicted molar refractivity (Wildman–Crippen MR) is 103 cm³/mol. The van der Waals surface area contributed by atoms with Gasteiger partial charge >= 0.3 is 12.3 Å². The molecule has 0 unspecified atom stereocenters. The Bertz CT molecular complexity index is 932. The zero-order valence-corrected chi connectivity index (χ0v) is 16.0. The van der Waals surface area contributed by atoms with Crippen molar-refractivity contribution in [2.75, 3.05) is 18.8 Å². The first-order valence-corrected chi connectivity index (χ1v) is 9.04. The van der Waals surface area contributed by atoms with Gasteiger partial charge in [0.05, 0.1) is 12.1 Å². The first-order chi connectivity index (χ1) is 14.1. The monoisotopic (exact) mass is 423 g/mol. The van der Waals surface area contributed by atoms with Crippen LogP contribution in [0, 0.1) is 5.92 Å². The van der Waals surface area contributed by atoms with Crippen molar-refractivity contribution in [2.24, 2.45) is 5.92 Å². The molecule has 1 aromatic carbocycles. The Labute approximate surface area is 170 Å². The number of benzene rings is 1. The highest BCUT2D eigenvalue weighted by molar-refractivity contribution is 5.88. The number of anilines is 1. The number of carboxylic acid groups (broad SMARTS) is 1. The molecule has 1 saturated heterocycles. The van der Waals surface area contributed by atoms with Gasteiger partial charge in [0.1, 0.15) is 11.9 Å². The van der Waals surface area contributed by atoms with Crippen LogP contribution in [0.4, 0.5) is 19.0 Å². The highest BCUT2D eigenvalue weighted by atomic mass is 19.4. The second-order valence-electron chi connectivity index (χ2n) is 6.93. The smallest absolute Gasteiger partial charge is 0.484 e. The molecule has 160 valence electrons. The molecule has 2 heterocycles. The molecule has 3 rings (SSSR count). The van der Waals surface area contributed by atoms with Crippen LogP contribution in [0.5, 0.6) is 11.5 Å². The molecule has 1 aliphatic rings. The fourth-order valence-electron chi connectivity index (χ4n) is 3.05. The number of likely N-dealkylation sites (tertiary alicyclic amines) is 1. The van der Waals surface area contributed by atoms with Crippen molar-refractivity contribution in [3.8, 4) is 11.5 Å². The van der Waals surface area contributed by atoms with Gasteiger partial charge in [-0.3, -0.25) is 0 Å². The van der Waals surface area contributed by atoms with Crippen LogP contribution in [0.15, 0.2) is 42.7 Å². The molecular weight excluding hydrogens is 403 g/mol. The van der Waals surface area contributed by atoms with E-state index in [1.807, 2.05) is 18.0 Å². The van der Waals surface area contributed by atoms with Gasteiger partial charge < -0.3 is 25.2 Å². The van der Waals surface area contributed by atoms with E-state index >= 15 is 0 Å². The fourth-order valence-corrected chi connectivity index (χ4v) is 3.05. The summed E-state index contributed by atoms with van der Waals surface area (Å²) in [6.45, 7) is 3.21. The summed E-state index contributed by atoms with van der Waals surface area (Å²) in [5, 5.41) is 9.09. The Balaban J connectivity index is 1.61. The molecular formula is C20H20F3N3O4. The molecule has 7 nitrogen and oxygen atoms in total. The van der Waals surface area contributed by atoms with Gasteiger partial charge in [-0.15, -0.1) is 13.2 Å². The Morgan fingerprint density at radius 2 is 2.00 bits per heavy atom. The lowest BCUT2D eigenvalue weighted by molar-refractivity contribution is -0.274. The maximum atomic E-state index is 12.2. The Hall–Kier alpha value is -3.43. The SMILES string of the molecule is C[C@H]1CN(C=Cc2ccc(OC(F)(F)F)cc2)C[C@@H]1Oc1cc(C(=O)O)cnc1N. The van der Waals surface area contributed by atoms with Crippen LogP contribution in [0.25, 0.3) is 6.08 Å². The molecule has 2 atom stereocenters. The van der Waals surface area contributed by atoms with E-state index in [0.717, 1.165) is 0 Å². The van der Waals surface area contributed by atoms with Gasteiger partial charge in [-0.2, -0.15) is 0 Å². The molecule has 0 spiro atoms. The molecule has 0 saturated carbocycles. The number of pyridine rings is 1. The van der Waals surface area contributed by atoms with E-state index in [9.17, 15) is 18.0 Å². The van der Waals surface area contributed by atoms with E-state index < -0.39 is 12.3 Å². The minimum Gasteiger partial charge on any atom is -0.484 e. The molecule has 0 radical (unpaired) electrons. The minimum absolute atomic E-state index is 0.0143. The Morgan fingerprint density at radius 3 is 2.63 bits per heavy atom. The topological polar surface area (TPSA) is 97.9 Å². The Kier molecular flexibility index (Phi) is 6.04. The van der Waals surface area contributed by atoms with Crippen LogP contribution >= 0.6 is 0 Å². The van der Waals surface area contributed by atoms with Crippen molar-refractivity contribution in [3.63, 3.8) is 0 Å². The number of hydrogen-bond acceptors (Lipinski definition) is 6. The van der Waals surface area contributed by atoms with Crippen molar-refractivity contribution in [1.82, 2.24) is 9.88 Å². The number of aromatic nitrogens is 1. The van der Waals surface area contributed by atoms with Gasteiger partial charge in [-0.25, -0.2) is 9.78 Å². The zero-order valence-electron chi connectivity index (χ0n) is 16.0. The molecule has 0 bridgehead atoms. The number of alkyl halides is 3. The second kappa shape index (κ2) is 8.52. The number of hydrogen-bond donors (Lipinski definition) is 2. The van der Waals surface area contributed by atoms with Crippen molar-refractivity contribution in [3.05, 3.63) is 53.9 Å². The van der Waals surface area contributed by atoms with Crippen LogP contribution in [-0.2, 0) is 0 Å². The summed E-state index contributed by atoms with van der Waals surface area (Å²) in [5.41, 5.74) is 6.49. The third kappa shape index (κ3) is 5.56. The van der Waals surface area contributed by atoms with Gasteiger partial charge in [0.15, 0.2) is 11.6 Å². The summed E-state index contributed by atoms with van der Waals surface area (Å²) in [6.07, 6.45) is -0.184. The number of nitrogens with zero attached hydrogens (tertiary/aromatic N) is 2. The number of ether oxygens (including phenoxy) is 2. The van der Waals surface area contributed by atoms with Gasteiger partial charge in [0.25, 0.3) is 0 Å². The lowest BCUT2D eigenvalue weighted by Gasteiger charge is -2.18. The van der Waals surface area contributed by atoms with Crippen LogP contribution in [0.1, 0.15) is 22.8 Å². The minimum atomic E-state index is -4.72. The number of nitrogens with two attached hydrogens (primary N) is 1. The van der Waals surface area contributed by atoms with Gasteiger partial charge in [-0.1, -0.05) is 19.1 Å². The maximum Gasteiger partial charge on any atom is 0.573 e. The van der Waals surface area contributed by atoms with Crippen LogP contribution in [0.3, 0.4) is 0 Å². The van der Waals surface area contributed by atoms with Crippen molar-refractivity contribution in [2.45, 2.75) is 19.4 Å².